The molecular weight excluding hydrogens is 384 g/mol. The maximum Gasteiger partial charge on any atom is 0.163 e. The molecule has 0 bridgehead atoms. The van der Waals surface area contributed by atoms with E-state index in [2.05, 4.69) is 21.8 Å². The van der Waals surface area contributed by atoms with Crippen molar-refractivity contribution >= 4 is 17.4 Å². The van der Waals surface area contributed by atoms with Crippen molar-refractivity contribution in [1.29, 1.82) is 0 Å². The second-order valence-electron chi connectivity index (χ2n) is 7.64. The molecular formula is C23H25ClN4O. The fourth-order valence-electron chi connectivity index (χ4n) is 3.90. The first-order chi connectivity index (χ1) is 14.0. The number of anilines is 1. The Hall–Kier alpha value is -2.50. The van der Waals surface area contributed by atoms with E-state index in [-0.39, 0.29) is 5.92 Å². The van der Waals surface area contributed by atoms with Crippen LogP contribution in [0.25, 0.3) is 11.4 Å². The van der Waals surface area contributed by atoms with Crippen molar-refractivity contribution < 1.29 is 5.11 Å². The molecule has 6 heteroatoms. The van der Waals surface area contributed by atoms with Gasteiger partial charge in [0, 0.05) is 47.3 Å². The maximum atomic E-state index is 10.8. The van der Waals surface area contributed by atoms with Gasteiger partial charge in [0.1, 0.15) is 5.82 Å². The van der Waals surface area contributed by atoms with Gasteiger partial charge in [-0.05, 0) is 62.4 Å². The van der Waals surface area contributed by atoms with E-state index in [1.54, 1.807) is 12.4 Å². The molecule has 0 amide bonds. The molecule has 0 saturated carbocycles. The average molecular weight is 409 g/mol. The van der Waals surface area contributed by atoms with Crippen molar-refractivity contribution in [2.24, 2.45) is 5.92 Å². The summed E-state index contributed by atoms with van der Waals surface area (Å²) < 4.78 is 0. The highest BCUT2D eigenvalue weighted by Gasteiger charge is 2.28. The molecule has 0 radical (unpaired) electrons. The molecule has 1 aliphatic heterocycles. The number of aliphatic hydroxyl groups excluding tert-OH is 1. The van der Waals surface area contributed by atoms with Crippen molar-refractivity contribution in [3.63, 3.8) is 0 Å². The number of pyridine rings is 1. The molecule has 0 aliphatic carbocycles. The number of aromatic nitrogens is 3. The summed E-state index contributed by atoms with van der Waals surface area (Å²) >= 11 is 5.97. The first-order valence-corrected chi connectivity index (χ1v) is 10.3. The third-order valence-corrected chi connectivity index (χ3v) is 6.03. The molecule has 1 fully saturated rings. The number of nitrogens with zero attached hydrogens (tertiary/aromatic N) is 4. The minimum absolute atomic E-state index is 0.230. The number of halogens is 1. The topological polar surface area (TPSA) is 62.1 Å². The average Bonchev–Trinajstić information content (AvgIpc) is 2.76. The van der Waals surface area contributed by atoms with Crippen LogP contribution in [0.5, 0.6) is 0 Å². The smallest absolute Gasteiger partial charge is 0.163 e. The summed E-state index contributed by atoms with van der Waals surface area (Å²) in [6.07, 6.45) is 4.90. The summed E-state index contributed by atoms with van der Waals surface area (Å²) in [6.45, 7) is 5.82. The van der Waals surface area contributed by atoms with Gasteiger partial charge in [-0.3, -0.25) is 4.98 Å². The predicted molar refractivity (Wildman–Crippen MR) is 116 cm³/mol. The zero-order valence-corrected chi connectivity index (χ0v) is 17.5. The Morgan fingerprint density at radius 2 is 1.79 bits per heavy atom. The van der Waals surface area contributed by atoms with Gasteiger partial charge in [0.05, 0.1) is 6.10 Å². The van der Waals surface area contributed by atoms with Crippen LogP contribution in [0.15, 0.2) is 48.8 Å². The van der Waals surface area contributed by atoms with E-state index in [9.17, 15) is 5.11 Å². The molecule has 5 nitrogen and oxygen atoms in total. The molecule has 3 heterocycles. The fraction of sp³-hybridized carbons (Fsp3) is 0.348. The van der Waals surface area contributed by atoms with Crippen molar-refractivity contribution in [3.8, 4) is 11.4 Å². The van der Waals surface area contributed by atoms with Gasteiger partial charge in [-0.25, -0.2) is 9.97 Å². The van der Waals surface area contributed by atoms with E-state index in [0.717, 1.165) is 54.1 Å². The van der Waals surface area contributed by atoms with Gasteiger partial charge in [-0.15, -0.1) is 0 Å². The standard InChI is InChI=1S/C23H25ClN4O/c1-15-16(2)26-22(19-4-3-11-25-14-19)27-23(15)28-12-9-18(10-13-28)21(29)17-5-7-20(24)8-6-17/h3-8,11,14,18,21,29H,9-10,12-13H2,1-2H3. The number of rotatable bonds is 4. The van der Waals surface area contributed by atoms with Gasteiger partial charge < -0.3 is 10.0 Å². The van der Waals surface area contributed by atoms with Gasteiger partial charge in [0.25, 0.3) is 0 Å². The molecule has 3 aromatic rings. The second-order valence-corrected chi connectivity index (χ2v) is 8.08. The predicted octanol–water partition coefficient (Wildman–Crippen LogP) is 4.76. The lowest BCUT2D eigenvalue weighted by atomic mass is 9.87. The highest BCUT2D eigenvalue weighted by Crippen LogP contribution is 2.34. The van der Waals surface area contributed by atoms with Crippen LogP contribution in [-0.4, -0.2) is 33.1 Å². The van der Waals surface area contributed by atoms with E-state index in [1.165, 1.54) is 0 Å². The molecule has 1 aliphatic rings. The third-order valence-electron chi connectivity index (χ3n) is 5.78. The number of aryl methyl sites for hydroxylation is 1. The van der Waals surface area contributed by atoms with Crippen molar-refractivity contribution in [1.82, 2.24) is 15.0 Å². The molecule has 2 aromatic heterocycles. The minimum atomic E-state index is -0.464. The zero-order valence-electron chi connectivity index (χ0n) is 16.7. The summed E-state index contributed by atoms with van der Waals surface area (Å²) in [4.78, 5) is 16.0. The summed E-state index contributed by atoms with van der Waals surface area (Å²) in [5.41, 5.74) is 3.94. The van der Waals surface area contributed by atoms with Crippen molar-refractivity contribution in [3.05, 3.63) is 70.6 Å². The van der Waals surface area contributed by atoms with Gasteiger partial charge in [-0.1, -0.05) is 23.7 Å². The molecule has 1 N–H and O–H groups in total. The summed E-state index contributed by atoms with van der Waals surface area (Å²) in [5, 5.41) is 11.5. The summed E-state index contributed by atoms with van der Waals surface area (Å²) in [7, 11) is 0. The zero-order chi connectivity index (χ0) is 20.4. The van der Waals surface area contributed by atoms with Crippen LogP contribution in [0.1, 0.15) is 35.8 Å². The summed E-state index contributed by atoms with van der Waals surface area (Å²) in [6, 6.07) is 11.4. The Labute approximate surface area is 176 Å². The normalized spacial score (nSPS) is 16.1. The van der Waals surface area contributed by atoms with Crippen LogP contribution < -0.4 is 4.90 Å². The van der Waals surface area contributed by atoms with Crippen LogP contribution in [0.4, 0.5) is 5.82 Å². The molecule has 150 valence electrons. The maximum absolute atomic E-state index is 10.8. The number of piperidine rings is 1. The van der Waals surface area contributed by atoms with Crippen LogP contribution >= 0.6 is 11.6 Å². The Balaban J connectivity index is 1.51. The number of benzene rings is 1. The lowest BCUT2D eigenvalue weighted by molar-refractivity contribution is 0.0928. The van der Waals surface area contributed by atoms with Crippen LogP contribution in [0, 0.1) is 19.8 Å². The van der Waals surface area contributed by atoms with Crippen molar-refractivity contribution in [2.45, 2.75) is 32.8 Å². The minimum Gasteiger partial charge on any atom is -0.388 e. The van der Waals surface area contributed by atoms with E-state index in [4.69, 9.17) is 16.6 Å². The van der Waals surface area contributed by atoms with E-state index in [1.807, 2.05) is 43.3 Å². The second kappa shape index (κ2) is 8.47. The number of hydrogen-bond donors (Lipinski definition) is 1. The Kier molecular flexibility index (Phi) is 5.79. The van der Waals surface area contributed by atoms with E-state index >= 15 is 0 Å². The highest BCUT2D eigenvalue weighted by molar-refractivity contribution is 6.30. The van der Waals surface area contributed by atoms with E-state index < -0.39 is 6.10 Å². The lowest BCUT2D eigenvalue weighted by Crippen LogP contribution is -2.36. The third kappa shape index (κ3) is 4.26. The lowest BCUT2D eigenvalue weighted by Gasteiger charge is -2.36. The molecule has 1 saturated heterocycles. The monoisotopic (exact) mass is 408 g/mol. The Morgan fingerprint density at radius 1 is 1.07 bits per heavy atom. The van der Waals surface area contributed by atoms with E-state index in [0.29, 0.717) is 10.8 Å². The van der Waals surface area contributed by atoms with Gasteiger partial charge in [0.15, 0.2) is 5.82 Å². The first-order valence-electron chi connectivity index (χ1n) is 9.97. The Morgan fingerprint density at radius 3 is 2.45 bits per heavy atom. The molecule has 4 rings (SSSR count). The quantitative estimate of drug-likeness (QED) is 0.674. The number of hydrogen-bond acceptors (Lipinski definition) is 5. The summed E-state index contributed by atoms with van der Waals surface area (Å²) in [5.74, 6) is 1.92. The van der Waals surface area contributed by atoms with Gasteiger partial charge >= 0.3 is 0 Å². The van der Waals surface area contributed by atoms with Crippen molar-refractivity contribution in [2.75, 3.05) is 18.0 Å². The van der Waals surface area contributed by atoms with Crippen LogP contribution in [-0.2, 0) is 0 Å². The molecule has 29 heavy (non-hydrogen) atoms. The highest BCUT2D eigenvalue weighted by atomic mass is 35.5. The SMILES string of the molecule is Cc1nc(-c2cccnc2)nc(N2CCC(C(O)c3ccc(Cl)cc3)CC2)c1C. The number of aliphatic hydroxyl groups is 1. The van der Waals surface area contributed by atoms with Gasteiger partial charge in [0.2, 0.25) is 0 Å². The first kappa shape index (κ1) is 19.8. The Bertz CT molecular complexity index is 970. The molecule has 0 spiro atoms. The largest absolute Gasteiger partial charge is 0.388 e. The molecule has 1 atom stereocenters. The van der Waals surface area contributed by atoms with Crippen LogP contribution in [0.3, 0.4) is 0 Å². The fourth-order valence-corrected chi connectivity index (χ4v) is 4.03. The molecule has 1 unspecified atom stereocenters. The van der Waals surface area contributed by atoms with Crippen LogP contribution in [0.2, 0.25) is 5.02 Å². The van der Waals surface area contributed by atoms with Gasteiger partial charge in [-0.2, -0.15) is 0 Å². The molecule has 1 aromatic carbocycles.